The lowest BCUT2D eigenvalue weighted by Crippen LogP contribution is -2.02. The molecule has 0 rings (SSSR count). The number of carbonyl (C=O) groups excluding carboxylic acids is 2. The quantitative estimate of drug-likeness (QED) is 0.602. The second kappa shape index (κ2) is 5.30. The van der Waals surface area contributed by atoms with E-state index in [9.17, 15) is 9.59 Å². The predicted molar refractivity (Wildman–Crippen MR) is 44.6 cm³/mol. The Hall–Kier alpha value is -0.370. The van der Waals surface area contributed by atoms with Crippen LogP contribution in [0.2, 0.25) is 0 Å². The van der Waals surface area contributed by atoms with Gasteiger partial charge in [-0.2, -0.15) is 0 Å². The second-order valence-electron chi connectivity index (χ2n) is 2.91. The molecule has 0 aromatic rings. The van der Waals surface area contributed by atoms with Gasteiger partial charge in [-0.25, -0.2) is 0 Å². The SMILES string of the molecule is CC(=O)CCC(C)CC(=O)Cl. The van der Waals surface area contributed by atoms with Crippen molar-refractivity contribution in [3.8, 4) is 0 Å². The van der Waals surface area contributed by atoms with Crippen molar-refractivity contribution in [3.63, 3.8) is 0 Å². The number of hydrogen-bond acceptors (Lipinski definition) is 2. The molecule has 1 atom stereocenters. The van der Waals surface area contributed by atoms with Crippen molar-refractivity contribution in [1.29, 1.82) is 0 Å². The van der Waals surface area contributed by atoms with Gasteiger partial charge in [0.15, 0.2) is 0 Å². The van der Waals surface area contributed by atoms with E-state index in [0.29, 0.717) is 12.8 Å². The maximum absolute atomic E-state index is 10.5. The Morgan fingerprint density at radius 2 is 2.00 bits per heavy atom. The zero-order valence-corrected chi connectivity index (χ0v) is 7.65. The summed E-state index contributed by atoms with van der Waals surface area (Å²) in [5.41, 5.74) is 0. The highest BCUT2D eigenvalue weighted by Crippen LogP contribution is 2.11. The van der Waals surface area contributed by atoms with Crippen molar-refractivity contribution in [2.75, 3.05) is 0 Å². The van der Waals surface area contributed by atoms with Crippen molar-refractivity contribution in [1.82, 2.24) is 0 Å². The molecule has 0 N–H and O–H groups in total. The molecule has 0 heterocycles. The fraction of sp³-hybridized carbons (Fsp3) is 0.750. The number of Topliss-reactive ketones (excluding diaryl/α,β-unsaturated/α-hetero) is 1. The summed E-state index contributed by atoms with van der Waals surface area (Å²) < 4.78 is 0. The first kappa shape index (κ1) is 10.6. The average molecular weight is 177 g/mol. The highest BCUT2D eigenvalue weighted by atomic mass is 35.5. The van der Waals surface area contributed by atoms with Crippen LogP contribution in [0.4, 0.5) is 0 Å². The molecule has 0 aliphatic carbocycles. The normalized spacial score (nSPS) is 12.6. The van der Waals surface area contributed by atoms with Gasteiger partial charge >= 0.3 is 0 Å². The van der Waals surface area contributed by atoms with Gasteiger partial charge in [-0.3, -0.25) is 4.79 Å². The second-order valence-corrected chi connectivity index (χ2v) is 3.33. The largest absolute Gasteiger partial charge is 0.300 e. The summed E-state index contributed by atoms with van der Waals surface area (Å²) in [4.78, 5) is 20.9. The summed E-state index contributed by atoms with van der Waals surface area (Å²) in [5.74, 6) is 0.391. The van der Waals surface area contributed by atoms with Crippen molar-refractivity contribution < 1.29 is 9.59 Å². The van der Waals surface area contributed by atoms with Crippen LogP contribution in [0, 0.1) is 5.92 Å². The Balaban J connectivity index is 3.44. The van der Waals surface area contributed by atoms with E-state index < -0.39 is 0 Å². The summed E-state index contributed by atoms with van der Waals surface area (Å²) in [7, 11) is 0. The van der Waals surface area contributed by atoms with Gasteiger partial charge in [-0.1, -0.05) is 6.92 Å². The minimum Gasteiger partial charge on any atom is -0.300 e. The van der Waals surface area contributed by atoms with Gasteiger partial charge in [-0.15, -0.1) is 0 Å². The highest BCUT2D eigenvalue weighted by Gasteiger charge is 2.07. The fourth-order valence-corrected chi connectivity index (χ4v) is 1.09. The molecule has 0 aliphatic heterocycles. The molecule has 1 unspecified atom stereocenters. The molecule has 0 bridgehead atoms. The molecule has 0 fully saturated rings. The summed E-state index contributed by atoms with van der Waals surface area (Å²) in [5, 5.41) is -0.318. The zero-order chi connectivity index (χ0) is 8.85. The number of ketones is 1. The van der Waals surface area contributed by atoms with Crippen LogP contribution < -0.4 is 0 Å². The number of halogens is 1. The van der Waals surface area contributed by atoms with Gasteiger partial charge < -0.3 is 4.79 Å². The van der Waals surface area contributed by atoms with Gasteiger partial charge in [-0.05, 0) is 30.9 Å². The monoisotopic (exact) mass is 176 g/mol. The molecule has 0 aromatic carbocycles. The van der Waals surface area contributed by atoms with E-state index >= 15 is 0 Å². The van der Waals surface area contributed by atoms with Crippen LogP contribution in [0.3, 0.4) is 0 Å². The van der Waals surface area contributed by atoms with Crippen LogP contribution in [-0.2, 0) is 9.59 Å². The first-order valence-electron chi connectivity index (χ1n) is 3.70. The topological polar surface area (TPSA) is 34.1 Å². The lowest BCUT2D eigenvalue weighted by Gasteiger charge is -2.05. The Labute approximate surface area is 71.9 Å². The van der Waals surface area contributed by atoms with Gasteiger partial charge in [0, 0.05) is 12.8 Å². The molecule has 0 aromatic heterocycles. The fourth-order valence-electron chi connectivity index (χ4n) is 0.826. The first-order valence-corrected chi connectivity index (χ1v) is 4.08. The first-order chi connectivity index (χ1) is 5.02. The zero-order valence-electron chi connectivity index (χ0n) is 6.89. The molecular weight excluding hydrogens is 164 g/mol. The summed E-state index contributed by atoms with van der Waals surface area (Å²) in [6, 6.07) is 0. The smallest absolute Gasteiger partial charge is 0.221 e. The van der Waals surface area contributed by atoms with Gasteiger partial charge in [0.1, 0.15) is 5.78 Å². The molecule has 3 heteroatoms. The Morgan fingerprint density at radius 1 is 1.45 bits per heavy atom. The minimum atomic E-state index is -0.318. The molecule has 2 nitrogen and oxygen atoms in total. The lowest BCUT2D eigenvalue weighted by atomic mass is 10.0. The van der Waals surface area contributed by atoms with E-state index in [1.54, 1.807) is 6.92 Å². The maximum Gasteiger partial charge on any atom is 0.221 e. The summed E-state index contributed by atoms with van der Waals surface area (Å²) >= 11 is 5.16. The summed E-state index contributed by atoms with van der Waals surface area (Å²) in [6.45, 7) is 3.47. The third kappa shape index (κ3) is 7.53. The minimum absolute atomic E-state index is 0.166. The van der Waals surface area contributed by atoms with Crippen molar-refractivity contribution >= 4 is 22.6 Å². The Bertz CT molecular complexity index is 154. The molecular formula is C8H13ClO2. The van der Waals surface area contributed by atoms with E-state index in [0.717, 1.165) is 6.42 Å². The number of hydrogen-bond donors (Lipinski definition) is 0. The molecule has 0 saturated carbocycles. The van der Waals surface area contributed by atoms with E-state index in [-0.39, 0.29) is 16.9 Å². The molecule has 11 heavy (non-hydrogen) atoms. The standard InChI is InChI=1S/C8H13ClO2/c1-6(5-8(9)11)3-4-7(2)10/h6H,3-5H2,1-2H3. The summed E-state index contributed by atoms with van der Waals surface area (Å²) in [6.07, 6.45) is 1.67. The lowest BCUT2D eigenvalue weighted by molar-refractivity contribution is -0.118. The van der Waals surface area contributed by atoms with Crippen LogP contribution >= 0.6 is 11.6 Å². The van der Waals surface area contributed by atoms with Gasteiger partial charge in [0.25, 0.3) is 0 Å². The number of carbonyl (C=O) groups is 2. The highest BCUT2D eigenvalue weighted by molar-refractivity contribution is 6.63. The Kier molecular flexibility index (Phi) is 5.12. The van der Waals surface area contributed by atoms with E-state index in [1.165, 1.54) is 0 Å². The van der Waals surface area contributed by atoms with Crippen LogP contribution in [0.1, 0.15) is 33.1 Å². The van der Waals surface area contributed by atoms with Gasteiger partial charge in [0.2, 0.25) is 5.24 Å². The van der Waals surface area contributed by atoms with E-state index in [1.807, 2.05) is 6.92 Å². The third-order valence-electron chi connectivity index (χ3n) is 1.50. The molecule has 0 radical (unpaired) electrons. The van der Waals surface area contributed by atoms with Crippen LogP contribution in [0.25, 0.3) is 0 Å². The molecule has 0 saturated heterocycles. The third-order valence-corrected chi connectivity index (χ3v) is 1.65. The van der Waals surface area contributed by atoms with E-state index in [2.05, 4.69) is 0 Å². The van der Waals surface area contributed by atoms with Crippen molar-refractivity contribution in [2.24, 2.45) is 5.92 Å². The van der Waals surface area contributed by atoms with Crippen LogP contribution in [0.5, 0.6) is 0 Å². The molecule has 0 aliphatic rings. The van der Waals surface area contributed by atoms with Crippen molar-refractivity contribution in [2.45, 2.75) is 33.1 Å². The molecule has 64 valence electrons. The van der Waals surface area contributed by atoms with E-state index in [4.69, 9.17) is 11.6 Å². The number of rotatable bonds is 5. The Morgan fingerprint density at radius 3 is 2.36 bits per heavy atom. The predicted octanol–water partition coefficient (Wildman–Crippen LogP) is 2.15. The molecule has 0 spiro atoms. The van der Waals surface area contributed by atoms with Crippen LogP contribution in [-0.4, -0.2) is 11.0 Å². The van der Waals surface area contributed by atoms with Crippen LogP contribution in [0.15, 0.2) is 0 Å². The molecule has 0 amide bonds. The average Bonchev–Trinajstić information content (AvgIpc) is 1.82. The maximum atomic E-state index is 10.5. The van der Waals surface area contributed by atoms with Crippen molar-refractivity contribution in [3.05, 3.63) is 0 Å². The van der Waals surface area contributed by atoms with Gasteiger partial charge in [0.05, 0.1) is 0 Å².